The van der Waals surface area contributed by atoms with E-state index in [4.69, 9.17) is 0 Å². The van der Waals surface area contributed by atoms with Crippen molar-refractivity contribution >= 4 is 11.3 Å². The Hall–Kier alpha value is -1.12. The first-order chi connectivity index (χ1) is 9.81. The summed E-state index contributed by atoms with van der Waals surface area (Å²) in [5.74, 6) is 0. The van der Waals surface area contributed by atoms with Gasteiger partial charge in [-0.1, -0.05) is 37.6 Å². The van der Waals surface area contributed by atoms with Gasteiger partial charge in [0.2, 0.25) is 0 Å². The molecule has 1 nitrogen and oxygen atoms in total. The van der Waals surface area contributed by atoms with E-state index in [0.29, 0.717) is 6.04 Å². The molecule has 0 saturated carbocycles. The second-order valence-electron chi connectivity index (χ2n) is 5.66. The van der Waals surface area contributed by atoms with E-state index in [9.17, 15) is 0 Å². The second-order valence-corrected chi connectivity index (χ2v) is 6.83. The summed E-state index contributed by atoms with van der Waals surface area (Å²) in [6.45, 7) is 2.23. The van der Waals surface area contributed by atoms with Gasteiger partial charge < -0.3 is 5.32 Å². The van der Waals surface area contributed by atoms with Gasteiger partial charge in [0.25, 0.3) is 0 Å². The molecule has 1 N–H and O–H groups in total. The molecule has 1 heterocycles. The lowest BCUT2D eigenvalue weighted by Crippen LogP contribution is -2.16. The Kier molecular flexibility index (Phi) is 4.23. The minimum absolute atomic E-state index is 0.348. The van der Waals surface area contributed by atoms with Gasteiger partial charge in [-0.05, 0) is 55.5 Å². The smallest absolute Gasteiger partial charge is 0.0668 e. The van der Waals surface area contributed by atoms with Gasteiger partial charge >= 0.3 is 0 Å². The lowest BCUT2D eigenvalue weighted by atomic mass is 10.0. The predicted octanol–water partition coefficient (Wildman–Crippen LogP) is 4.50. The molecule has 0 fully saturated rings. The Morgan fingerprint density at radius 2 is 2.00 bits per heavy atom. The highest BCUT2D eigenvalue weighted by molar-refractivity contribution is 7.12. The van der Waals surface area contributed by atoms with Crippen LogP contribution in [0, 0.1) is 0 Å². The minimum atomic E-state index is 0.348. The van der Waals surface area contributed by atoms with Crippen LogP contribution in [-0.4, -0.2) is 7.05 Å². The van der Waals surface area contributed by atoms with Gasteiger partial charge in [0, 0.05) is 9.75 Å². The number of rotatable bonds is 5. The maximum Gasteiger partial charge on any atom is 0.0668 e. The lowest BCUT2D eigenvalue weighted by molar-refractivity contribution is 0.702. The zero-order valence-electron chi connectivity index (χ0n) is 12.4. The molecule has 20 heavy (non-hydrogen) atoms. The van der Waals surface area contributed by atoms with E-state index in [0.717, 1.165) is 0 Å². The van der Waals surface area contributed by atoms with Crippen LogP contribution in [0.4, 0.5) is 0 Å². The average Bonchev–Trinajstić information content (AvgIpc) is 3.03. The molecule has 0 saturated heterocycles. The Labute approximate surface area is 126 Å². The van der Waals surface area contributed by atoms with Gasteiger partial charge in [0.15, 0.2) is 0 Å². The highest BCUT2D eigenvalue weighted by Crippen LogP contribution is 2.36. The molecule has 1 unspecified atom stereocenters. The van der Waals surface area contributed by atoms with Crippen molar-refractivity contribution in [3.05, 3.63) is 56.8 Å². The zero-order valence-corrected chi connectivity index (χ0v) is 13.2. The number of fused-ring (bicyclic) bond motifs is 1. The second kappa shape index (κ2) is 6.11. The fraction of sp³-hybridized carbons (Fsp3) is 0.444. The van der Waals surface area contributed by atoms with E-state index in [1.165, 1.54) is 48.1 Å². The summed E-state index contributed by atoms with van der Waals surface area (Å²) < 4.78 is 0. The number of hydrogen-bond acceptors (Lipinski definition) is 2. The van der Waals surface area contributed by atoms with Gasteiger partial charge in [-0.3, -0.25) is 0 Å². The summed E-state index contributed by atoms with van der Waals surface area (Å²) in [6, 6.07) is 11.9. The monoisotopic (exact) mass is 285 g/mol. The summed E-state index contributed by atoms with van der Waals surface area (Å²) in [7, 11) is 2.06. The van der Waals surface area contributed by atoms with Gasteiger partial charge in [-0.25, -0.2) is 0 Å². The minimum Gasteiger partial charge on any atom is -0.309 e. The molecule has 2 heteroatoms. The molecule has 1 aliphatic rings. The van der Waals surface area contributed by atoms with Crippen LogP contribution in [0.2, 0.25) is 0 Å². The van der Waals surface area contributed by atoms with E-state index in [1.807, 2.05) is 11.3 Å². The molecule has 1 aromatic heterocycles. The molecule has 1 aromatic carbocycles. The third-order valence-corrected chi connectivity index (χ3v) is 5.49. The van der Waals surface area contributed by atoms with Crippen molar-refractivity contribution in [1.29, 1.82) is 0 Å². The van der Waals surface area contributed by atoms with E-state index in [2.05, 4.69) is 49.6 Å². The molecule has 1 atom stereocenters. The summed E-state index contributed by atoms with van der Waals surface area (Å²) in [5.41, 5.74) is 4.42. The van der Waals surface area contributed by atoms with E-state index >= 15 is 0 Å². The number of benzene rings is 1. The maximum atomic E-state index is 3.49. The third-order valence-electron chi connectivity index (χ3n) is 4.19. The molecular formula is C18H23NS. The van der Waals surface area contributed by atoms with Crippen LogP contribution in [0.25, 0.3) is 0 Å². The Balaban J connectivity index is 1.84. The van der Waals surface area contributed by atoms with Gasteiger partial charge in [-0.2, -0.15) is 0 Å². The molecule has 0 spiro atoms. The number of thiophene rings is 1. The first-order valence-corrected chi connectivity index (χ1v) is 8.51. The van der Waals surface area contributed by atoms with Crippen molar-refractivity contribution < 1.29 is 0 Å². The molecule has 0 bridgehead atoms. The molecule has 0 amide bonds. The Morgan fingerprint density at radius 3 is 2.65 bits per heavy atom. The summed E-state index contributed by atoms with van der Waals surface area (Å²) in [6.07, 6.45) is 6.30. The fourth-order valence-corrected chi connectivity index (χ4v) is 4.53. The SMILES string of the molecule is CCCc1ccc(C(NC)c2cc3c(s2)CCC3)cc1. The average molecular weight is 285 g/mol. The van der Waals surface area contributed by atoms with Crippen LogP contribution < -0.4 is 5.32 Å². The number of aryl methyl sites for hydroxylation is 3. The summed E-state index contributed by atoms with van der Waals surface area (Å²) in [4.78, 5) is 3.09. The molecule has 2 aromatic rings. The predicted molar refractivity (Wildman–Crippen MR) is 87.7 cm³/mol. The van der Waals surface area contributed by atoms with Gasteiger partial charge in [0.05, 0.1) is 6.04 Å². The van der Waals surface area contributed by atoms with Gasteiger partial charge in [-0.15, -0.1) is 11.3 Å². The molecule has 1 aliphatic carbocycles. The van der Waals surface area contributed by atoms with Crippen molar-refractivity contribution in [2.75, 3.05) is 7.05 Å². The fourth-order valence-electron chi connectivity index (χ4n) is 3.13. The zero-order chi connectivity index (χ0) is 13.9. The highest BCUT2D eigenvalue weighted by atomic mass is 32.1. The van der Waals surface area contributed by atoms with Crippen molar-refractivity contribution in [3.63, 3.8) is 0 Å². The molecule has 106 valence electrons. The van der Waals surface area contributed by atoms with Crippen molar-refractivity contribution in [1.82, 2.24) is 5.32 Å². The largest absolute Gasteiger partial charge is 0.309 e. The summed E-state index contributed by atoms with van der Waals surface area (Å²) >= 11 is 2.00. The van der Waals surface area contributed by atoms with Crippen molar-refractivity contribution in [3.8, 4) is 0 Å². The quantitative estimate of drug-likeness (QED) is 0.853. The summed E-state index contributed by atoms with van der Waals surface area (Å²) in [5, 5.41) is 3.49. The first kappa shape index (κ1) is 13.8. The topological polar surface area (TPSA) is 12.0 Å². The lowest BCUT2D eigenvalue weighted by Gasteiger charge is -2.15. The van der Waals surface area contributed by atoms with Crippen LogP contribution in [0.15, 0.2) is 30.3 Å². The number of nitrogens with one attached hydrogen (secondary N) is 1. The van der Waals surface area contributed by atoms with E-state index in [-0.39, 0.29) is 0 Å². The van der Waals surface area contributed by atoms with Crippen molar-refractivity contribution in [2.24, 2.45) is 0 Å². The Bertz CT molecular complexity index is 546. The maximum absolute atomic E-state index is 3.49. The standard InChI is InChI=1S/C18H23NS/c1-3-5-13-8-10-14(11-9-13)18(19-2)17-12-15-6-4-7-16(15)20-17/h8-12,18-19H,3-7H2,1-2H3. The van der Waals surface area contributed by atoms with Crippen LogP contribution in [0.3, 0.4) is 0 Å². The molecule has 0 aliphatic heterocycles. The van der Waals surface area contributed by atoms with Gasteiger partial charge in [0.1, 0.15) is 0 Å². The van der Waals surface area contributed by atoms with Crippen LogP contribution in [-0.2, 0) is 19.3 Å². The van der Waals surface area contributed by atoms with E-state index in [1.54, 1.807) is 10.4 Å². The number of hydrogen-bond donors (Lipinski definition) is 1. The Morgan fingerprint density at radius 1 is 1.20 bits per heavy atom. The normalized spacial score (nSPS) is 15.3. The van der Waals surface area contributed by atoms with Crippen LogP contribution in [0.5, 0.6) is 0 Å². The molecular weight excluding hydrogens is 262 g/mol. The first-order valence-electron chi connectivity index (χ1n) is 7.69. The van der Waals surface area contributed by atoms with Crippen LogP contribution >= 0.6 is 11.3 Å². The highest BCUT2D eigenvalue weighted by Gasteiger charge is 2.20. The van der Waals surface area contributed by atoms with Crippen molar-refractivity contribution in [2.45, 2.75) is 45.1 Å². The third kappa shape index (κ3) is 2.68. The molecule has 3 rings (SSSR count). The van der Waals surface area contributed by atoms with Crippen LogP contribution in [0.1, 0.15) is 52.3 Å². The molecule has 0 radical (unpaired) electrons. The van der Waals surface area contributed by atoms with E-state index < -0.39 is 0 Å².